The van der Waals surface area contributed by atoms with Gasteiger partial charge in [0.15, 0.2) is 0 Å². The highest BCUT2D eigenvalue weighted by Gasteiger charge is 2.29. The van der Waals surface area contributed by atoms with Crippen LogP contribution in [0.5, 0.6) is 0 Å². The Balaban J connectivity index is 2.00. The van der Waals surface area contributed by atoms with Crippen LogP contribution in [0, 0.1) is 5.92 Å². The van der Waals surface area contributed by atoms with Crippen molar-refractivity contribution in [3.8, 4) is 0 Å². The first-order chi connectivity index (χ1) is 9.79. The highest BCUT2D eigenvalue weighted by Crippen LogP contribution is 2.24. The molecule has 0 aromatic heterocycles. The second-order valence-corrected chi connectivity index (χ2v) is 7.30. The second kappa shape index (κ2) is 6.18. The zero-order valence-corrected chi connectivity index (χ0v) is 13.9. The van der Waals surface area contributed by atoms with Gasteiger partial charge in [-0.1, -0.05) is 52.0 Å². The smallest absolute Gasteiger partial charge is 0.237 e. The molecule has 3 atom stereocenters. The molecule has 0 saturated carbocycles. The molecule has 1 fully saturated rings. The van der Waals surface area contributed by atoms with E-state index >= 15 is 0 Å². The molecular weight excluding hydrogens is 260 g/mol. The Morgan fingerprint density at radius 1 is 1.29 bits per heavy atom. The summed E-state index contributed by atoms with van der Waals surface area (Å²) in [5, 5.41) is 6.41. The van der Waals surface area contributed by atoms with Crippen molar-refractivity contribution >= 4 is 5.91 Å². The molecule has 3 unspecified atom stereocenters. The molecule has 0 spiro atoms. The number of hydrogen-bond acceptors (Lipinski definition) is 2. The van der Waals surface area contributed by atoms with Crippen LogP contribution < -0.4 is 10.6 Å². The van der Waals surface area contributed by atoms with Crippen LogP contribution in [0.1, 0.15) is 58.2 Å². The number of nitrogens with one attached hydrogen (secondary N) is 2. The monoisotopic (exact) mass is 288 g/mol. The largest absolute Gasteiger partial charge is 0.348 e. The normalized spacial score (nSPS) is 23.9. The molecule has 1 aliphatic heterocycles. The standard InChI is InChI=1S/C18H28N2O/c1-12-10-11-19-16(12)17(21)20-13(2)14-6-8-15(9-7-14)18(3,4)5/h6-9,12-13,16,19H,10-11H2,1-5H3,(H,20,21). The van der Waals surface area contributed by atoms with Crippen molar-refractivity contribution in [3.63, 3.8) is 0 Å². The summed E-state index contributed by atoms with van der Waals surface area (Å²) in [6.07, 6.45) is 1.08. The Bertz CT molecular complexity index is 487. The lowest BCUT2D eigenvalue weighted by Crippen LogP contribution is -2.44. The summed E-state index contributed by atoms with van der Waals surface area (Å²) in [5.74, 6) is 0.535. The third-order valence-corrected chi connectivity index (χ3v) is 4.45. The lowest BCUT2D eigenvalue weighted by molar-refractivity contribution is -0.124. The number of carbonyl (C=O) groups is 1. The molecule has 0 aliphatic carbocycles. The minimum atomic E-state index is -0.0405. The van der Waals surface area contributed by atoms with Gasteiger partial charge in [0.25, 0.3) is 0 Å². The highest BCUT2D eigenvalue weighted by atomic mass is 16.2. The van der Waals surface area contributed by atoms with Gasteiger partial charge in [-0.25, -0.2) is 0 Å². The number of hydrogen-bond donors (Lipinski definition) is 2. The lowest BCUT2D eigenvalue weighted by Gasteiger charge is -2.22. The molecule has 1 aliphatic rings. The van der Waals surface area contributed by atoms with Crippen LogP contribution in [0.4, 0.5) is 0 Å². The van der Waals surface area contributed by atoms with E-state index in [2.05, 4.69) is 62.6 Å². The summed E-state index contributed by atoms with van der Waals surface area (Å²) in [7, 11) is 0. The van der Waals surface area contributed by atoms with Crippen molar-refractivity contribution in [2.75, 3.05) is 6.54 Å². The molecule has 0 radical (unpaired) electrons. The number of amides is 1. The fourth-order valence-corrected chi connectivity index (χ4v) is 2.84. The Morgan fingerprint density at radius 2 is 1.90 bits per heavy atom. The van der Waals surface area contributed by atoms with Crippen molar-refractivity contribution in [3.05, 3.63) is 35.4 Å². The molecule has 1 saturated heterocycles. The van der Waals surface area contributed by atoms with E-state index in [1.807, 2.05) is 6.92 Å². The van der Waals surface area contributed by atoms with Crippen LogP contribution >= 0.6 is 0 Å². The van der Waals surface area contributed by atoms with E-state index in [-0.39, 0.29) is 23.4 Å². The summed E-state index contributed by atoms with van der Waals surface area (Å²) in [6.45, 7) is 11.7. The molecule has 116 valence electrons. The van der Waals surface area contributed by atoms with Gasteiger partial charge in [0.1, 0.15) is 0 Å². The summed E-state index contributed by atoms with van der Waals surface area (Å²) < 4.78 is 0. The maximum absolute atomic E-state index is 12.3. The van der Waals surface area contributed by atoms with Gasteiger partial charge >= 0.3 is 0 Å². The van der Waals surface area contributed by atoms with Crippen LogP contribution in [0.25, 0.3) is 0 Å². The fourth-order valence-electron chi connectivity index (χ4n) is 2.84. The number of rotatable bonds is 3. The second-order valence-electron chi connectivity index (χ2n) is 7.30. The van der Waals surface area contributed by atoms with Gasteiger partial charge in [0, 0.05) is 0 Å². The van der Waals surface area contributed by atoms with Crippen molar-refractivity contribution in [1.29, 1.82) is 0 Å². The van der Waals surface area contributed by atoms with Crippen LogP contribution in [0.2, 0.25) is 0 Å². The summed E-state index contributed by atoms with van der Waals surface area (Å²) in [6, 6.07) is 8.57. The zero-order chi connectivity index (χ0) is 15.6. The third kappa shape index (κ3) is 3.85. The molecule has 1 aromatic carbocycles. The van der Waals surface area contributed by atoms with Gasteiger partial charge in [0.2, 0.25) is 5.91 Å². The average Bonchev–Trinajstić information content (AvgIpc) is 2.84. The van der Waals surface area contributed by atoms with Crippen LogP contribution in [-0.2, 0) is 10.2 Å². The van der Waals surface area contributed by atoms with Gasteiger partial charge in [-0.05, 0) is 42.3 Å². The van der Waals surface area contributed by atoms with Gasteiger partial charge in [-0.3, -0.25) is 4.79 Å². The molecule has 1 heterocycles. The van der Waals surface area contributed by atoms with Gasteiger partial charge < -0.3 is 10.6 Å². The van der Waals surface area contributed by atoms with E-state index in [1.165, 1.54) is 5.56 Å². The van der Waals surface area contributed by atoms with E-state index in [0.29, 0.717) is 5.92 Å². The Kier molecular flexibility index (Phi) is 4.72. The molecule has 0 bridgehead atoms. The maximum atomic E-state index is 12.3. The fraction of sp³-hybridized carbons (Fsp3) is 0.611. The first-order valence-electron chi connectivity index (χ1n) is 7.93. The molecule has 1 amide bonds. The number of carbonyl (C=O) groups excluding carboxylic acids is 1. The predicted molar refractivity (Wildman–Crippen MR) is 87.3 cm³/mol. The van der Waals surface area contributed by atoms with Crippen LogP contribution in [0.3, 0.4) is 0 Å². The van der Waals surface area contributed by atoms with E-state index < -0.39 is 0 Å². The topological polar surface area (TPSA) is 41.1 Å². The van der Waals surface area contributed by atoms with Gasteiger partial charge in [-0.15, -0.1) is 0 Å². The molecule has 2 N–H and O–H groups in total. The maximum Gasteiger partial charge on any atom is 0.237 e. The zero-order valence-electron chi connectivity index (χ0n) is 13.9. The molecule has 21 heavy (non-hydrogen) atoms. The first-order valence-corrected chi connectivity index (χ1v) is 7.93. The predicted octanol–water partition coefficient (Wildman–Crippen LogP) is 3.16. The van der Waals surface area contributed by atoms with E-state index in [4.69, 9.17) is 0 Å². The Morgan fingerprint density at radius 3 is 2.38 bits per heavy atom. The summed E-state index contributed by atoms with van der Waals surface area (Å²) >= 11 is 0. The van der Waals surface area contributed by atoms with E-state index in [9.17, 15) is 4.79 Å². The quantitative estimate of drug-likeness (QED) is 0.897. The third-order valence-electron chi connectivity index (χ3n) is 4.45. The van der Waals surface area contributed by atoms with E-state index in [0.717, 1.165) is 18.5 Å². The summed E-state index contributed by atoms with van der Waals surface area (Å²) in [4.78, 5) is 12.3. The molecule has 3 heteroatoms. The van der Waals surface area contributed by atoms with Crippen molar-refractivity contribution in [2.24, 2.45) is 5.92 Å². The molecule has 2 rings (SSSR count). The van der Waals surface area contributed by atoms with Gasteiger partial charge in [0.05, 0.1) is 12.1 Å². The highest BCUT2D eigenvalue weighted by molar-refractivity contribution is 5.82. The van der Waals surface area contributed by atoms with Crippen molar-refractivity contribution in [2.45, 2.75) is 58.5 Å². The van der Waals surface area contributed by atoms with Crippen molar-refractivity contribution in [1.82, 2.24) is 10.6 Å². The SMILES string of the molecule is CC(NC(=O)C1NCCC1C)c1ccc(C(C)(C)C)cc1. The average molecular weight is 288 g/mol. The Labute approximate surface area is 128 Å². The molecule has 3 nitrogen and oxygen atoms in total. The van der Waals surface area contributed by atoms with E-state index in [1.54, 1.807) is 0 Å². The Hall–Kier alpha value is -1.35. The number of benzene rings is 1. The minimum Gasteiger partial charge on any atom is -0.348 e. The van der Waals surface area contributed by atoms with Gasteiger partial charge in [-0.2, -0.15) is 0 Å². The molecule has 1 aromatic rings. The van der Waals surface area contributed by atoms with Crippen molar-refractivity contribution < 1.29 is 4.79 Å². The summed E-state index contributed by atoms with van der Waals surface area (Å²) in [5.41, 5.74) is 2.63. The lowest BCUT2D eigenvalue weighted by atomic mass is 9.86. The first kappa shape index (κ1) is 16.0. The van der Waals surface area contributed by atoms with Crippen LogP contribution in [-0.4, -0.2) is 18.5 Å². The minimum absolute atomic E-state index is 0.0405. The van der Waals surface area contributed by atoms with Crippen LogP contribution in [0.15, 0.2) is 24.3 Å². The molecular formula is C18H28N2O.